The van der Waals surface area contributed by atoms with Gasteiger partial charge < -0.3 is 15.4 Å². The van der Waals surface area contributed by atoms with Gasteiger partial charge in [0.1, 0.15) is 4.88 Å². The lowest BCUT2D eigenvalue weighted by atomic mass is 10.3. The molecule has 1 aromatic carbocycles. The Labute approximate surface area is 130 Å². The largest absolute Gasteiger partial charge is 0.465 e. The zero-order valence-corrected chi connectivity index (χ0v) is 12.9. The van der Waals surface area contributed by atoms with Gasteiger partial charge in [-0.1, -0.05) is 23.7 Å². The summed E-state index contributed by atoms with van der Waals surface area (Å²) in [6.07, 6.45) is 0. The number of rotatable bonds is 3. The summed E-state index contributed by atoms with van der Waals surface area (Å²) in [5.41, 5.74) is 1.30. The molecular weight excluding hydrogens is 316 g/mol. The van der Waals surface area contributed by atoms with Crippen LogP contribution in [0.3, 0.4) is 0 Å². The van der Waals surface area contributed by atoms with E-state index in [1.165, 1.54) is 18.4 Å². The second-order valence-electron chi connectivity index (χ2n) is 3.71. The molecule has 2 aromatic rings. The molecule has 0 saturated heterocycles. The normalized spacial score (nSPS) is 9.90. The molecule has 2 rings (SSSR count). The van der Waals surface area contributed by atoms with E-state index in [4.69, 9.17) is 28.6 Å². The van der Waals surface area contributed by atoms with Gasteiger partial charge >= 0.3 is 5.97 Å². The minimum atomic E-state index is -0.400. The van der Waals surface area contributed by atoms with Gasteiger partial charge in [0.15, 0.2) is 5.11 Å². The molecule has 0 unspecified atom stereocenters. The molecule has 20 heavy (non-hydrogen) atoms. The molecule has 1 aromatic heterocycles. The van der Waals surface area contributed by atoms with Crippen LogP contribution in [-0.4, -0.2) is 18.2 Å². The summed E-state index contributed by atoms with van der Waals surface area (Å²) >= 11 is 12.5. The van der Waals surface area contributed by atoms with E-state index < -0.39 is 5.97 Å². The first-order valence-corrected chi connectivity index (χ1v) is 7.26. The Morgan fingerprint density at radius 2 is 1.95 bits per heavy atom. The molecule has 0 radical (unpaired) electrons. The number of anilines is 2. The maximum Gasteiger partial charge on any atom is 0.350 e. The van der Waals surface area contributed by atoms with Gasteiger partial charge in [-0.2, -0.15) is 0 Å². The number of esters is 1. The minimum absolute atomic E-state index is 0.349. The van der Waals surface area contributed by atoms with Crippen LogP contribution in [0, 0.1) is 0 Å². The molecule has 104 valence electrons. The van der Waals surface area contributed by atoms with Crippen LogP contribution in [0.15, 0.2) is 35.7 Å². The third-order valence-electron chi connectivity index (χ3n) is 2.41. The monoisotopic (exact) mass is 326 g/mol. The van der Waals surface area contributed by atoms with Gasteiger partial charge in [0, 0.05) is 0 Å². The Morgan fingerprint density at radius 3 is 2.65 bits per heavy atom. The van der Waals surface area contributed by atoms with E-state index in [1.54, 1.807) is 17.5 Å². The van der Waals surface area contributed by atoms with E-state index >= 15 is 0 Å². The number of benzene rings is 1. The number of para-hydroxylation sites is 1. The summed E-state index contributed by atoms with van der Waals surface area (Å²) in [5.74, 6) is -0.400. The Hall–Kier alpha value is -1.63. The topological polar surface area (TPSA) is 50.4 Å². The average molecular weight is 327 g/mol. The van der Waals surface area contributed by atoms with E-state index in [1.807, 2.05) is 18.2 Å². The number of thiophene rings is 1. The second kappa shape index (κ2) is 6.69. The Bertz CT molecular complexity index is 643. The van der Waals surface area contributed by atoms with Crippen molar-refractivity contribution in [2.24, 2.45) is 0 Å². The van der Waals surface area contributed by atoms with Gasteiger partial charge in [0.2, 0.25) is 0 Å². The number of halogens is 1. The molecule has 0 saturated carbocycles. The highest BCUT2D eigenvalue weighted by molar-refractivity contribution is 7.80. The molecule has 0 aliphatic rings. The van der Waals surface area contributed by atoms with Crippen molar-refractivity contribution in [2.45, 2.75) is 0 Å². The van der Waals surface area contributed by atoms with Gasteiger partial charge in [-0.15, -0.1) is 11.3 Å². The maximum absolute atomic E-state index is 11.6. The van der Waals surface area contributed by atoms with Crippen molar-refractivity contribution >= 4 is 57.6 Å². The number of ether oxygens (including phenoxy) is 1. The van der Waals surface area contributed by atoms with Crippen LogP contribution < -0.4 is 10.6 Å². The van der Waals surface area contributed by atoms with Crippen LogP contribution in [0.25, 0.3) is 0 Å². The van der Waals surface area contributed by atoms with Crippen LogP contribution in [0.1, 0.15) is 9.67 Å². The molecule has 2 N–H and O–H groups in total. The third-order valence-corrected chi connectivity index (χ3v) is 3.83. The predicted molar refractivity (Wildman–Crippen MR) is 87.0 cm³/mol. The van der Waals surface area contributed by atoms with Gasteiger partial charge in [-0.05, 0) is 35.8 Å². The molecule has 0 atom stereocenters. The highest BCUT2D eigenvalue weighted by Gasteiger charge is 2.14. The van der Waals surface area contributed by atoms with Crippen LogP contribution >= 0.6 is 35.2 Å². The fourth-order valence-electron chi connectivity index (χ4n) is 1.50. The highest BCUT2D eigenvalue weighted by atomic mass is 35.5. The first-order chi connectivity index (χ1) is 9.61. The zero-order chi connectivity index (χ0) is 14.5. The van der Waals surface area contributed by atoms with Crippen molar-refractivity contribution in [1.82, 2.24) is 0 Å². The van der Waals surface area contributed by atoms with Crippen molar-refractivity contribution in [2.75, 3.05) is 17.7 Å². The van der Waals surface area contributed by atoms with E-state index in [2.05, 4.69) is 10.6 Å². The summed E-state index contributed by atoms with van der Waals surface area (Å²) in [5, 5.41) is 8.62. The summed E-state index contributed by atoms with van der Waals surface area (Å²) in [4.78, 5) is 12.0. The molecule has 4 nitrogen and oxygen atoms in total. The quantitative estimate of drug-likeness (QED) is 0.659. The average Bonchev–Trinajstić information content (AvgIpc) is 2.88. The van der Waals surface area contributed by atoms with Crippen molar-refractivity contribution in [3.63, 3.8) is 0 Å². The fourth-order valence-corrected chi connectivity index (χ4v) is 2.67. The fraction of sp³-hybridized carbons (Fsp3) is 0.0769. The van der Waals surface area contributed by atoms with Gasteiger partial charge in [-0.25, -0.2) is 4.79 Å². The molecule has 1 heterocycles. The minimum Gasteiger partial charge on any atom is -0.465 e. The van der Waals surface area contributed by atoms with Crippen LogP contribution in [-0.2, 0) is 4.74 Å². The van der Waals surface area contributed by atoms with E-state index in [0.29, 0.717) is 26.4 Å². The van der Waals surface area contributed by atoms with E-state index in [0.717, 1.165) is 0 Å². The highest BCUT2D eigenvalue weighted by Crippen LogP contribution is 2.24. The molecule has 7 heteroatoms. The van der Waals surface area contributed by atoms with E-state index in [-0.39, 0.29) is 0 Å². The number of nitrogens with one attached hydrogen (secondary N) is 2. The van der Waals surface area contributed by atoms with Crippen molar-refractivity contribution < 1.29 is 9.53 Å². The zero-order valence-electron chi connectivity index (χ0n) is 10.5. The lowest BCUT2D eigenvalue weighted by Crippen LogP contribution is -2.20. The summed E-state index contributed by atoms with van der Waals surface area (Å²) in [6.45, 7) is 0. The number of hydrogen-bond acceptors (Lipinski definition) is 4. The van der Waals surface area contributed by atoms with Gasteiger partial charge in [-0.3, -0.25) is 0 Å². The van der Waals surface area contributed by atoms with Gasteiger partial charge in [0.05, 0.1) is 23.5 Å². The van der Waals surface area contributed by atoms with Crippen LogP contribution in [0.4, 0.5) is 11.4 Å². The number of methoxy groups -OCH3 is 1. The molecule has 0 amide bonds. The van der Waals surface area contributed by atoms with E-state index in [9.17, 15) is 4.79 Å². The van der Waals surface area contributed by atoms with Crippen LogP contribution in [0.2, 0.25) is 5.02 Å². The van der Waals surface area contributed by atoms with Crippen molar-refractivity contribution in [1.29, 1.82) is 0 Å². The Morgan fingerprint density at radius 1 is 1.25 bits per heavy atom. The summed E-state index contributed by atoms with van der Waals surface area (Å²) < 4.78 is 4.70. The molecule has 0 fully saturated rings. The molecule has 0 spiro atoms. The number of carbonyl (C=O) groups excluding carboxylic acids is 1. The number of thiocarbonyl (C=S) groups is 1. The molecule has 0 aliphatic carbocycles. The molecular formula is C13H11ClN2O2S2. The standard InChI is InChI=1S/C13H11ClN2O2S2/c1-18-12(17)11-10(6-7-20-11)16-13(19)15-9-5-3-2-4-8(9)14/h2-7H,1H3,(H2,15,16,19). The Balaban J connectivity index is 2.08. The summed E-state index contributed by atoms with van der Waals surface area (Å²) in [7, 11) is 1.34. The first-order valence-electron chi connectivity index (χ1n) is 5.60. The Kier molecular flexibility index (Phi) is 4.94. The molecule has 0 bridgehead atoms. The lowest BCUT2D eigenvalue weighted by Gasteiger charge is -2.11. The third kappa shape index (κ3) is 3.47. The van der Waals surface area contributed by atoms with Crippen LogP contribution in [0.5, 0.6) is 0 Å². The lowest BCUT2D eigenvalue weighted by molar-refractivity contribution is 0.0607. The SMILES string of the molecule is COC(=O)c1sccc1NC(=S)Nc1ccccc1Cl. The van der Waals surface area contributed by atoms with Gasteiger partial charge in [0.25, 0.3) is 0 Å². The van der Waals surface area contributed by atoms with Crippen molar-refractivity contribution in [3.8, 4) is 0 Å². The second-order valence-corrected chi connectivity index (χ2v) is 5.45. The molecule has 0 aliphatic heterocycles. The smallest absolute Gasteiger partial charge is 0.350 e. The summed E-state index contributed by atoms with van der Waals surface area (Å²) in [6, 6.07) is 9.01. The first kappa shape index (κ1) is 14.8. The predicted octanol–water partition coefficient (Wildman–Crippen LogP) is 4.00. The number of hydrogen-bond donors (Lipinski definition) is 2. The maximum atomic E-state index is 11.6. The van der Waals surface area contributed by atoms with Crippen molar-refractivity contribution in [3.05, 3.63) is 45.6 Å². The number of carbonyl (C=O) groups is 1.